The van der Waals surface area contributed by atoms with Gasteiger partial charge in [-0.15, -0.1) is 0 Å². The van der Waals surface area contributed by atoms with Gasteiger partial charge in [0.2, 0.25) is 11.6 Å². The number of para-hydroxylation sites is 1. The molecule has 0 atom stereocenters. The van der Waals surface area contributed by atoms with Crippen molar-refractivity contribution in [3.8, 4) is 23.6 Å². The monoisotopic (exact) mass is 229 g/mol. The lowest BCUT2D eigenvalue weighted by Gasteiger charge is -2.09. The van der Waals surface area contributed by atoms with Crippen molar-refractivity contribution in [2.75, 3.05) is 14.2 Å². The molecular formula is C12H11N3O2. The topological polar surface area (TPSA) is 60.1 Å². The van der Waals surface area contributed by atoms with Crippen molar-refractivity contribution in [2.24, 2.45) is 0 Å². The number of aromatic nitrogens is 2. The van der Waals surface area contributed by atoms with Gasteiger partial charge >= 0.3 is 6.01 Å². The highest BCUT2D eigenvalue weighted by Gasteiger charge is 2.19. The van der Waals surface area contributed by atoms with Crippen LogP contribution in [-0.4, -0.2) is 23.8 Å². The number of benzene rings is 1. The first-order valence-electron chi connectivity index (χ1n) is 4.98. The molecule has 2 aromatic rings. The number of imidazole rings is 1. The number of nitriles is 1. The van der Waals surface area contributed by atoms with Crippen molar-refractivity contribution in [2.45, 2.75) is 0 Å². The van der Waals surface area contributed by atoms with E-state index in [2.05, 4.69) is 4.98 Å². The van der Waals surface area contributed by atoms with E-state index in [0.29, 0.717) is 11.9 Å². The van der Waals surface area contributed by atoms with Crippen LogP contribution in [0.3, 0.4) is 0 Å². The Hall–Kier alpha value is -2.48. The average molecular weight is 229 g/mol. The number of hydrogen-bond donors (Lipinski definition) is 0. The predicted molar refractivity (Wildman–Crippen MR) is 61.4 cm³/mol. The zero-order chi connectivity index (χ0) is 12.3. The molecule has 0 aliphatic rings. The lowest BCUT2D eigenvalue weighted by atomic mass is 10.3. The lowest BCUT2D eigenvalue weighted by Crippen LogP contribution is -2.00. The molecule has 0 unspecified atom stereocenters. The number of ether oxygens (including phenoxy) is 2. The fourth-order valence-corrected chi connectivity index (χ4v) is 1.59. The summed E-state index contributed by atoms with van der Waals surface area (Å²) in [7, 11) is 3.00. The van der Waals surface area contributed by atoms with Crippen LogP contribution >= 0.6 is 0 Å². The zero-order valence-corrected chi connectivity index (χ0v) is 9.54. The Balaban J connectivity index is 2.67. The Labute approximate surface area is 98.8 Å². The van der Waals surface area contributed by atoms with Gasteiger partial charge in [-0.3, -0.25) is 0 Å². The summed E-state index contributed by atoms with van der Waals surface area (Å²) in [6.07, 6.45) is 0. The molecule has 86 valence electrons. The van der Waals surface area contributed by atoms with Crippen LogP contribution in [0.15, 0.2) is 30.3 Å². The summed E-state index contributed by atoms with van der Waals surface area (Å²) < 4.78 is 12.0. The molecular weight excluding hydrogens is 218 g/mol. The molecule has 0 radical (unpaired) electrons. The molecule has 1 heterocycles. The van der Waals surface area contributed by atoms with Crippen molar-refractivity contribution in [1.82, 2.24) is 9.55 Å². The van der Waals surface area contributed by atoms with Crippen molar-refractivity contribution >= 4 is 0 Å². The normalized spacial score (nSPS) is 9.71. The van der Waals surface area contributed by atoms with Crippen molar-refractivity contribution < 1.29 is 9.47 Å². The maximum atomic E-state index is 8.97. The molecule has 2 rings (SSSR count). The maximum absolute atomic E-state index is 8.97. The van der Waals surface area contributed by atoms with E-state index in [1.54, 1.807) is 4.57 Å². The summed E-state index contributed by atoms with van der Waals surface area (Å²) in [6.45, 7) is 0. The first kappa shape index (κ1) is 11.0. The second kappa shape index (κ2) is 4.58. The van der Waals surface area contributed by atoms with E-state index >= 15 is 0 Å². The molecule has 0 aliphatic heterocycles. The minimum Gasteiger partial charge on any atom is -0.480 e. The number of nitrogens with zero attached hydrogens (tertiary/aromatic N) is 3. The van der Waals surface area contributed by atoms with Crippen LogP contribution in [0.4, 0.5) is 0 Å². The van der Waals surface area contributed by atoms with Crippen molar-refractivity contribution in [3.05, 3.63) is 36.0 Å². The predicted octanol–water partition coefficient (Wildman–Crippen LogP) is 1.76. The van der Waals surface area contributed by atoms with Crippen LogP contribution in [0.2, 0.25) is 0 Å². The van der Waals surface area contributed by atoms with Crippen LogP contribution in [0.25, 0.3) is 5.69 Å². The van der Waals surface area contributed by atoms with Gasteiger partial charge in [-0.05, 0) is 12.1 Å². The van der Waals surface area contributed by atoms with Gasteiger partial charge in [0.25, 0.3) is 0 Å². The highest BCUT2D eigenvalue weighted by Crippen LogP contribution is 2.28. The van der Waals surface area contributed by atoms with E-state index < -0.39 is 0 Å². The van der Waals surface area contributed by atoms with Crippen molar-refractivity contribution in [3.63, 3.8) is 0 Å². The Kier molecular flexibility index (Phi) is 2.97. The van der Waals surface area contributed by atoms with Crippen LogP contribution < -0.4 is 9.47 Å². The van der Waals surface area contributed by atoms with Crippen LogP contribution in [0.1, 0.15) is 5.69 Å². The fourth-order valence-electron chi connectivity index (χ4n) is 1.59. The van der Waals surface area contributed by atoms with Crippen LogP contribution in [-0.2, 0) is 0 Å². The summed E-state index contributed by atoms with van der Waals surface area (Å²) in [5.74, 6) is 0.371. The molecule has 1 aromatic carbocycles. The van der Waals surface area contributed by atoms with Crippen molar-refractivity contribution in [1.29, 1.82) is 5.26 Å². The standard InChI is InChI=1S/C12H11N3O2/c1-16-11-10(8-13)14-12(17-2)15(11)9-6-4-3-5-7-9/h3-7H,1-2H3. The molecule has 5 heteroatoms. The number of methoxy groups -OCH3 is 2. The molecule has 0 fully saturated rings. The average Bonchev–Trinajstić information content (AvgIpc) is 2.77. The summed E-state index contributed by atoms with van der Waals surface area (Å²) in [5.41, 5.74) is 1.03. The third-order valence-corrected chi connectivity index (χ3v) is 2.30. The summed E-state index contributed by atoms with van der Waals surface area (Å²) >= 11 is 0. The van der Waals surface area contributed by atoms with E-state index in [1.165, 1.54) is 14.2 Å². The van der Waals surface area contributed by atoms with Gasteiger partial charge in [-0.25, -0.2) is 4.57 Å². The second-order valence-corrected chi connectivity index (χ2v) is 3.24. The molecule has 0 amide bonds. The third-order valence-electron chi connectivity index (χ3n) is 2.30. The minimum atomic E-state index is 0.202. The fraction of sp³-hybridized carbons (Fsp3) is 0.167. The van der Waals surface area contributed by atoms with E-state index in [4.69, 9.17) is 14.7 Å². The molecule has 0 N–H and O–H groups in total. The third kappa shape index (κ3) is 1.81. The van der Waals surface area contributed by atoms with E-state index in [0.717, 1.165) is 5.69 Å². The van der Waals surface area contributed by atoms with Gasteiger partial charge in [0.15, 0.2) is 0 Å². The first-order chi connectivity index (χ1) is 8.31. The molecule has 0 spiro atoms. The molecule has 17 heavy (non-hydrogen) atoms. The largest absolute Gasteiger partial charge is 0.480 e. The quantitative estimate of drug-likeness (QED) is 0.804. The maximum Gasteiger partial charge on any atom is 0.305 e. The Morgan fingerprint density at radius 2 is 1.88 bits per heavy atom. The zero-order valence-electron chi connectivity index (χ0n) is 9.54. The van der Waals surface area contributed by atoms with E-state index in [9.17, 15) is 0 Å². The smallest absolute Gasteiger partial charge is 0.305 e. The van der Waals surface area contributed by atoms with Crippen LogP contribution in [0.5, 0.6) is 11.9 Å². The minimum absolute atomic E-state index is 0.202. The number of rotatable bonds is 3. The number of hydrogen-bond acceptors (Lipinski definition) is 4. The molecule has 1 aromatic heterocycles. The lowest BCUT2D eigenvalue weighted by molar-refractivity contribution is 0.350. The van der Waals surface area contributed by atoms with E-state index in [-0.39, 0.29) is 5.69 Å². The molecule has 0 aliphatic carbocycles. The summed E-state index contributed by atoms with van der Waals surface area (Å²) in [4.78, 5) is 4.05. The highest BCUT2D eigenvalue weighted by atomic mass is 16.5. The van der Waals surface area contributed by atoms with Crippen LogP contribution in [0, 0.1) is 11.3 Å². The van der Waals surface area contributed by atoms with Gasteiger partial charge in [-0.2, -0.15) is 10.2 Å². The summed E-state index contributed by atoms with van der Waals surface area (Å²) in [5, 5.41) is 8.97. The molecule has 0 bridgehead atoms. The Morgan fingerprint density at radius 1 is 1.18 bits per heavy atom. The molecule has 0 saturated carbocycles. The molecule has 5 nitrogen and oxygen atoms in total. The van der Waals surface area contributed by atoms with Gasteiger partial charge in [0, 0.05) is 0 Å². The summed E-state index contributed by atoms with van der Waals surface area (Å²) in [6, 6.07) is 11.7. The van der Waals surface area contributed by atoms with Gasteiger partial charge in [0.05, 0.1) is 19.9 Å². The second-order valence-electron chi connectivity index (χ2n) is 3.24. The van der Waals surface area contributed by atoms with E-state index in [1.807, 2.05) is 36.4 Å². The molecule has 0 saturated heterocycles. The first-order valence-corrected chi connectivity index (χ1v) is 4.98. The van der Waals surface area contributed by atoms with Gasteiger partial charge in [-0.1, -0.05) is 18.2 Å². The Morgan fingerprint density at radius 3 is 2.41 bits per heavy atom. The van der Waals surface area contributed by atoms with Gasteiger partial charge < -0.3 is 9.47 Å². The Bertz CT molecular complexity index is 555. The SMILES string of the molecule is COc1nc(C#N)c(OC)n1-c1ccccc1. The van der Waals surface area contributed by atoms with Gasteiger partial charge in [0.1, 0.15) is 6.07 Å². The highest BCUT2D eigenvalue weighted by molar-refractivity contribution is 5.46.